The number of piperidine rings is 1. The number of carbonyl (C=O) groups is 2. The minimum absolute atomic E-state index is 0.0342. The number of amides is 1. The molecule has 214 valence electrons. The maximum Gasteiger partial charge on any atom is 0.410 e. The van der Waals surface area contributed by atoms with Gasteiger partial charge in [-0.3, -0.25) is 0 Å². The molecular weight excluding hydrogens is 513 g/mol. The monoisotopic (exact) mass is 549 g/mol. The van der Waals surface area contributed by atoms with Gasteiger partial charge < -0.3 is 39.4 Å². The quantitative estimate of drug-likeness (QED) is 0.267. The van der Waals surface area contributed by atoms with E-state index in [2.05, 4.69) is 10.3 Å². The summed E-state index contributed by atoms with van der Waals surface area (Å²) in [5.41, 5.74) is 0.883. The van der Waals surface area contributed by atoms with E-state index in [-0.39, 0.29) is 36.4 Å². The summed E-state index contributed by atoms with van der Waals surface area (Å²) in [5.74, 6) is -0.330. The Morgan fingerprint density at radius 3 is 2.62 bits per heavy atom. The molecule has 0 saturated carbocycles. The topological polar surface area (TPSA) is 140 Å². The standard InChI is InChI=1S/C27H36FN3O8/c1-17(2)38-27(35)31-12-9-19(10-13-31)39-23-8-11-29-25(24(23)36-3)30-21-7-6-18(15-20(21)28)5-4-14-37-26(34)22(33)16-32/h6-8,11,15,17,19,22,32-33H,4-5,9-10,12-14,16H2,1-3H3,(H,29,30). The lowest BCUT2D eigenvalue weighted by molar-refractivity contribution is -0.155. The van der Waals surface area contributed by atoms with Crippen LogP contribution >= 0.6 is 0 Å². The molecule has 1 fully saturated rings. The number of hydrogen-bond donors (Lipinski definition) is 3. The van der Waals surface area contributed by atoms with Gasteiger partial charge >= 0.3 is 12.1 Å². The molecule has 11 nitrogen and oxygen atoms in total. The van der Waals surface area contributed by atoms with Gasteiger partial charge in [0.15, 0.2) is 17.7 Å². The number of nitrogens with zero attached hydrogens (tertiary/aromatic N) is 2. The average Bonchev–Trinajstić information content (AvgIpc) is 2.92. The van der Waals surface area contributed by atoms with Gasteiger partial charge in [0.05, 0.1) is 32.1 Å². The van der Waals surface area contributed by atoms with Crippen molar-refractivity contribution >= 4 is 23.6 Å². The summed E-state index contributed by atoms with van der Waals surface area (Å²) in [6, 6.07) is 6.36. The number of aryl methyl sites for hydroxylation is 1. The highest BCUT2D eigenvalue weighted by atomic mass is 19.1. The normalized spacial score (nSPS) is 14.6. The van der Waals surface area contributed by atoms with Crippen LogP contribution in [-0.4, -0.2) is 83.9 Å². The van der Waals surface area contributed by atoms with Gasteiger partial charge in [-0.15, -0.1) is 0 Å². The first-order valence-electron chi connectivity index (χ1n) is 12.9. The van der Waals surface area contributed by atoms with Crippen LogP contribution in [0, 0.1) is 5.82 Å². The van der Waals surface area contributed by atoms with Crippen LogP contribution in [0.1, 0.15) is 38.7 Å². The number of hydrogen-bond acceptors (Lipinski definition) is 10. The van der Waals surface area contributed by atoms with Crippen LogP contribution < -0.4 is 14.8 Å². The zero-order chi connectivity index (χ0) is 28.4. The van der Waals surface area contributed by atoms with Crippen molar-refractivity contribution in [2.45, 2.75) is 57.8 Å². The lowest BCUT2D eigenvalue weighted by atomic mass is 10.1. The first-order valence-corrected chi connectivity index (χ1v) is 12.9. The summed E-state index contributed by atoms with van der Waals surface area (Å²) in [4.78, 5) is 29.4. The van der Waals surface area contributed by atoms with Crippen LogP contribution in [0.2, 0.25) is 0 Å². The SMILES string of the molecule is COc1c(OC2CCN(C(=O)OC(C)C)CC2)ccnc1Nc1ccc(CCCOC(=O)C(O)CO)cc1F. The molecule has 39 heavy (non-hydrogen) atoms. The lowest BCUT2D eigenvalue weighted by Gasteiger charge is -2.32. The number of methoxy groups -OCH3 is 1. The molecule has 3 rings (SSSR count). The van der Waals surface area contributed by atoms with Crippen LogP contribution in [0.3, 0.4) is 0 Å². The number of ether oxygens (including phenoxy) is 4. The second kappa shape index (κ2) is 14.5. The number of pyridine rings is 1. The molecule has 2 aromatic rings. The van der Waals surface area contributed by atoms with Crippen molar-refractivity contribution in [2.75, 3.05) is 38.7 Å². The van der Waals surface area contributed by atoms with Gasteiger partial charge in [0.1, 0.15) is 11.9 Å². The molecule has 0 spiro atoms. The predicted octanol–water partition coefficient (Wildman–Crippen LogP) is 3.19. The fourth-order valence-corrected chi connectivity index (χ4v) is 3.98. The smallest absolute Gasteiger partial charge is 0.410 e. The summed E-state index contributed by atoms with van der Waals surface area (Å²) >= 11 is 0. The summed E-state index contributed by atoms with van der Waals surface area (Å²) in [6.07, 6.45) is 1.45. The van der Waals surface area contributed by atoms with Gasteiger partial charge in [-0.2, -0.15) is 0 Å². The number of carbonyl (C=O) groups excluding carboxylic acids is 2. The van der Waals surface area contributed by atoms with E-state index in [4.69, 9.17) is 24.1 Å². The third-order valence-corrected chi connectivity index (χ3v) is 5.99. The predicted molar refractivity (Wildman–Crippen MR) is 140 cm³/mol. The number of esters is 1. The highest BCUT2D eigenvalue weighted by Gasteiger charge is 2.26. The maximum atomic E-state index is 14.9. The fraction of sp³-hybridized carbons (Fsp3) is 0.519. The van der Waals surface area contributed by atoms with E-state index in [1.165, 1.54) is 19.4 Å². The highest BCUT2D eigenvalue weighted by molar-refractivity contribution is 5.74. The number of aromatic nitrogens is 1. The number of nitrogens with one attached hydrogen (secondary N) is 1. The fourth-order valence-electron chi connectivity index (χ4n) is 3.98. The number of halogens is 1. The third kappa shape index (κ3) is 8.69. The number of aliphatic hydroxyl groups excluding tert-OH is 2. The van der Waals surface area contributed by atoms with Gasteiger partial charge in [0, 0.05) is 38.2 Å². The number of benzene rings is 1. The Morgan fingerprint density at radius 2 is 1.97 bits per heavy atom. The molecule has 0 radical (unpaired) electrons. The van der Waals surface area contributed by atoms with Crippen molar-refractivity contribution in [1.29, 1.82) is 0 Å². The summed E-state index contributed by atoms with van der Waals surface area (Å²) in [6.45, 7) is 3.98. The Bertz CT molecular complexity index is 1110. The molecule has 1 atom stereocenters. The van der Waals surface area contributed by atoms with E-state index in [0.717, 1.165) is 0 Å². The van der Waals surface area contributed by atoms with E-state index in [1.54, 1.807) is 23.1 Å². The minimum Gasteiger partial charge on any atom is -0.490 e. The Labute approximate surface area is 226 Å². The molecular formula is C27H36FN3O8. The van der Waals surface area contributed by atoms with Crippen LogP contribution in [0.4, 0.5) is 20.7 Å². The lowest BCUT2D eigenvalue weighted by Crippen LogP contribution is -2.42. The molecule has 1 aliphatic rings. The maximum absolute atomic E-state index is 14.9. The van der Waals surface area contributed by atoms with Gasteiger partial charge in [0.2, 0.25) is 5.75 Å². The zero-order valence-corrected chi connectivity index (χ0v) is 22.4. The third-order valence-electron chi connectivity index (χ3n) is 5.99. The van der Waals surface area contributed by atoms with E-state index in [1.807, 2.05) is 13.8 Å². The van der Waals surface area contributed by atoms with E-state index < -0.39 is 24.5 Å². The molecule has 1 saturated heterocycles. The van der Waals surface area contributed by atoms with Crippen molar-refractivity contribution in [1.82, 2.24) is 9.88 Å². The molecule has 2 heterocycles. The average molecular weight is 550 g/mol. The van der Waals surface area contributed by atoms with Crippen molar-refractivity contribution in [2.24, 2.45) is 0 Å². The molecule has 1 unspecified atom stereocenters. The number of anilines is 2. The van der Waals surface area contributed by atoms with Gasteiger partial charge in [-0.1, -0.05) is 6.07 Å². The Balaban J connectivity index is 1.57. The molecule has 0 bridgehead atoms. The summed E-state index contributed by atoms with van der Waals surface area (Å²) in [7, 11) is 1.48. The van der Waals surface area contributed by atoms with Crippen LogP contribution in [0.5, 0.6) is 11.5 Å². The van der Waals surface area contributed by atoms with Crippen LogP contribution in [0.25, 0.3) is 0 Å². The molecule has 1 aromatic carbocycles. The van der Waals surface area contributed by atoms with Crippen LogP contribution in [0.15, 0.2) is 30.5 Å². The molecule has 12 heteroatoms. The second-order valence-electron chi connectivity index (χ2n) is 9.34. The largest absolute Gasteiger partial charge is 0.490 e. The van der Waals surface area contributed by atoms with Gasteiger partial charge in [-0.05, 0) is 44.4 Å². The zero-order valence-electron chi connectivity index (χ0n) is 22.4. The van der Waals surface area contributed by atoms with E-state index in [9.17, 15) is 19.1 Å². The van der Waals surface area contributed by atoms with Crippen molar-refractivity contribution in [3.05, 3.63) is 41.8 Å². The summed E-state index contributed by atoms with van der Waals surface area (Å²) < 4.78 is 36.7. The van der Waals surface area contributed by atoms with Crippen LogP contribution in [-0.2, 0) is 20.7 Å². The molecule has 1 aliphatic heterocycles. The summed E-state index contributed by atoms with van der Waals surface area (Å²) in [5, 5.41) is 20.9. The molecule has 0 aliphatic carbocycles. The van der Waals surface area contributed by atoms with E-state index >= 15 is 0 Å². The Morgan fingerprint density at radius 1 is 1.23 bits per heavy atom. The molecule has 1 amide bonds. The van der Waals surface area contributed by atoms with Crippen molar-refractivity contribution in [3.63, 3.8) is 0 Å². The Hall–Kier alpha value is -3.64. The van der Waals surface area contributed by atoms with Gasteiger partial charge in [-0.25, -0.2) is 19.0 Å². The number of likely N-dealkylation sites (tertiary alicyclic amines) is 1. The highest BCUT2D eigenvalue weighted by Crippen LogP contribution is 2.37. The first-order chi connectivity index (χ1) is 18.7. The van der Waals surface area contributed by atoms with Crippen molar-refractivity contribution < 1.29 is 43.1 Å². The van der Waals surface area contributed by atoms with Crippen molar-refractivity contribution in [3.8, 4) is 11.5 Å². The molecule has 1 aromatic heterocycles. The number of rotatable bonds is 12. The van der Waals surface area contributed by atoms with E-state index in [0.29, 0.717) is 55.8 Å². The molecule has 3 N–H and O–H groups in total. The Kier molecular flexibility index (Phi) is 11.1. The minimum atomic E-state index is -1.56. The second-order valence-corrected chi connectivity index (χ2v) is 9.34. The number of aliphatic hydroxyl groups is 2. The first kappa shape index (κ1) is 29.9. The van der Waals surface area contributed by atoms with Gasteiger partial charge in [0.25, 0.3) is 0 Å².